The maximum atomic E-state index is 12.7. The Kier molecular flexibility index (Phi) is 6.19. The molecule has 0 aliphatic carbocycles. The Morgan fingerprint density at radius 3 is 2.29 bits per heavy atom. The van der Waals surface area contributed by atoms with Gasteiger partial charge in [0.1, 0.15) is 0 Å². The Balaban J connectivity index is 1.62. The van der Waals surface area contributed by atoms with Gasteiger partial charge in [-0.3, -0.25) is 0 Å². The topological polar surface area (TPSA) is 61.9 Å². The van der Waals surface area contributed by atoms with Crippen LogP contribution in [-0.4, -0.2) is 49.7 Å². The first-order valence-corrected chi connectivity index (χ1v) is 9.63. The van der Waals surface area contributed by atoms with E-state index in [-0.39, 0.29) is 6.03 Å². The van der Waals surface area contributed by atoms with Crippen molar-refractivity contribution in [3.8, 4) is 0 Å². The Morgan fingerprint density at radius 2 is 1.64 bits per heavy atom. The molecule has 0 spiro atoms. The average Bonchev–Trinajstić information content (AvgIpc) is 2.68. The molecule has 2 aromatic carbocycles. The van der Waals surface area contributed by atoms with E-state index in [1.54, 1.807) is 36.1 Å². The van der Waals surface area contributed by atoms with E-state index in [0.29, 0.717) is 30.9 Å². The summed E-state index contributed by atoms with van der Waals surface area (Å²) in [7, 11) is 0. The molecule has 0 unspecified atom stereocenters. The van der Waals surface area contributed by atoms with Gasteiger partial charge in [-0.25, -0.2) is 9.59 Å². The fraction of sp³-hybridized carbons (Fsp3) is 0.364. The molecule has 2 amide bonds. The third kappa shape index (κ3) is 4.63. The Morgan fingerprint density at radius 1 is 1.00 bits per heavy atom. The van der Waals surface area contributed by atoms with Crippen molar-refractivity contribution in [1.29, 1.82) is 0 Å². The van der Waals surface area contributed by atoms with Crippen LogP contribution in [0.25, 0.3) is 0 Å². The van der Waals surface area contributed by atoms with Crippen LogP contribution in [0, 0.1) is 13.8 Å². The number of para-hydroxylation sites is 1. The van der Waals surface area contributed by atoms with Gasteiger partial charge in [-0.2, -0.15) is 0 Å². The SMILES string of the molecule is CCOC(=O)c1ccccc1NC(=O)N1CCN(c2cc(C)cc(C)c2)CC1. The van der Waals surface area contributed by atoms with Crippen molar-refractivity contribution in [2.45, 2.75) is 20.8 Å². The summed E-state index contributed by atoms with van der Waals surface area (Å²) in [5.74, 6) is -0.432. The lowest BCUT2D eigenvalue weighted by Crippen LogP contribution is -2.50. The largest absolute Gasteiger partial charge is 0.462 e. The normalized spacial score (nSPS) is 14.0. The number of aryl methyl sites for hydroxylation is 2. The molecule has 6 heteroatoms. The minimum Gasteiger partial charge on any atom is -0.462 e. The van der Waals surface area contributed by atoms with Crippen LogP contribution in [0.2, 0.25) is 0 Å². The zero-order chi connectivity index (χ0) is 20.1. The van der Waals surface area contributed by atoms with Crippen LogP contribution in [0.15, 0.2) is 42.5 Å². The number of benzene rings is 2. The number of hydrogen-bond donors (Lipinski definition) is 1. The Hall–Kier alpha value is -3.02. The van der Waals surface area contributed by atoms with Gasteiger partial charge in [0.15, 0.2) is 0 Å². The van der Waals surface area contributed by atoms with E-state index < -0.39 is 5.97 Å². The number of carbonyl (C=O) groups excluding carboxylic acids is 2. The van der Waals surface area contributed by atoms with Crippen molar-refractivity contribution in [2.24, 2.45) is 0 Å². The summed E-state index contributed by atoms with van der Waals surface area (Å²) in [5, 5.41) is 2.86. The molecule has 6 nitrogen and oxygen atoms in total. The van der Waals surface area contributed by atoms with Gasteiger partial charge in [-0.1, -0.05) is 18.2 Å². The van der Waals surface area contributed by atoms with E-state index in [1.165, 1.54) is 16.8 Å². The van der Waals surface area contributed by atoms with Crippen molar-refractivity contribution in [3.63, 3.8) is 0 Å². The van der Waals surface area contributed by atoms with Crippen LogP contribution in [0.1, 0.15) is 28.4 Å². The zero-order valence-corrected chi connectivity index (χ0v) is 16.7. The van der Waals surface area contributed by atoms with Crippen molar-refractivity contribution < 1.29 is 14.3 Å². The summed E-state index contributed by atoms with van der Waals surface area (Å²) in [6.07, 6.45) is 0. The van der Waals surface area contributed by atoms with Crippen LogP contribution < -0.4 is 10.2 Å². The molecule has 0 bridgehead atoms. The number of anilines is 2. The van der Waals surface area contributed by atoms with Crippen molar-refractivity contribution in [1.82, 2.24) is 4.90 Å². The fourth-order valence-corrected chi connectivity index (χ4v) is 3.47. The predicted molar refractivity (Wildman–Crippen MR) is 111 cm³/mol. The summed E-state index contributed by atoms with van der Waals surface area (Å²) in [5.41, 5.74) is 4.52. The van der Waals surface area contributed by atoms with Crippen molar-refractivity contribution in [3.05, 3.63) is 59.2 Å². The quantitative estimate of drug-likeness (QED) is 0.818. The molecule has 0 saturated carbocycles. The number of urea groups is 1. The third-order valence-electron chi connectivity index (χ3n) is 4.80. The van der Waals surface area contributed by atoms with E-state index in [1.807, 2.05) is 0 Å². The molecule has 0 radical (unpaired) electrons. The maximum Gasteiger partial charge on any atom is 0.340 e. The number of amides is 2. The summed E-state index contributed by atoms with van der Waals surface area (Å²) in [6.45, 7) is 9.05. The van der Waals surface area contributed by atoms with Crippen LogP contribution in [0.4, 0.5) is 16.2 Å². The predicted octanol–water partition coefficient (Wildman–Crippen LogP) is 3.83. The number of rotatable bonds is 4. The van der Waals surface area contributed by atoms with Crippen molar-refractivity contribution in [2.75, 3.05) is 43.0 Å². The molecule has 1 aliphatic heterocycles. The minimum absolute atomic E-state index is 0.197. The summed E-state index contributed by atoms with van der Waals surface area (Å²) in [6, 6.07) is 13.2. The summed E-state index contributed by atoms with van der Waals surface area (Å²) < 4.78 is 5.07. The second-order valence-corrected chi connectivity index (χ2v) is 7.02. The van der Waals surface area contributed by atoms with Gasteiger partial charge in [0.05, 0.1) is 17.9 Å². The maximum absolute atomic E-state index is 12.7. The van der Waals surface area contributed by atoms with Crippen LogP contribution in [0.5, 0.6) is 0 Å². The van der Waals surface area contributed by atoms with E-state index in [4.69, 9.17) is 4.74 Å². The molecular formula is C22H27N3O3. The highest BCUT2D eigenvalue weighted by molar-refractivity contribution is 6.00. The first-order valence-electron chi connectivity index (χ1n) is 9.63. The third-order valence-corrected chi connectivity index (χ3v) is 4.80. The monoisotopic (exact) mass is 381 g/mol. The van der Waals surface area contributed by atoms with Crippen LogP contribution in [0.3, 0.4) is 0 Å². The van der Waals surface area contributed by atoms with Crippen LogP contribution in [-0.2, 0) is 4.74 Å². The number of esters is 1. The molecule has 1 N–H and O–H groups in total. The molecular weight excluding hydrogens is 354 g/mol. The second kappa shape index (κ2) is 8.78. The first-order chi connectivity index (χ1) is 13.5. The lowest BCUT2D eigenvalue weighted by molar-refractivity contribution is 0.0527. The molecule has 0 atom stereocenters. The lowest BCUT2D eigenvalue weighted by Gasteiger charge is -2.36. The Labute approximate surface area is 166 Å². The van der Waals surface area contributed by atoms with E-state index in [9.17, 15) is 9.59 Å². The van der Waals surface area contributed by atoms with Crippen molar-refractivity contribution >= 4 is 23.4 Å². The molecule has 2 aromatic rings. The molecule has 28 heavy (non-hydrogen) atoms. The number of nitrogens with zero attached hydrogens (tertiary/aromatic N) is 2. The summed E-state index contributed by atoms with van der Waals surface area (Å²) in [4.78, 5) is 28.9. The number of carbonyl (C=O) groups is 2. The van der Waals surface area contributed by atoms with E-state index in [2.05, 4.69) is 42.3 Å². The highest BCUT2D eigenvalue weighted by atomic mass is 16.5. The van der Waals surface area contributed by atoms with Gasteiger partial charge in [0.2, 0.25) is 0 Å². The van der Waals surface area contributed by atoms with Gasteiger partial charge >= 0.3 is 12.0 Å². The molecule has 1 aliphatic rings. The summed E-state index contributed by atoms with van der Waals surface area (Å²) >= 11 is 0. The van der Waals surface area contributed by atoms with Gasteiger partial charge in [-0.15, -0.1) is 0 Å². The van der Waals surface area contributed by atoms with Crippen LogP contribution >= 0.6 is 0 Å². The van der Waals surface area contributed by atoms with Gasteiger partial charge in [0, 0.05) is 31.9 Å². The lowest BCUT2D eigenvalue weighted by atomic mass is 10.1. The highest BCUT2D eigenvalue weighted by Crippen LogP contribution is 2.21. The minimum atomic E-state index is -0.432. The molecule has 1 saturated heterocycles. The highest BCUT2D eigenvalue weighted by Gasteiger charge is 2.23. The zero-order valence-electron chi connectivity index (χ0n) is 16.7. The first kappa shape index (κ1) is 19.7. The second-order valence-electron chi connectivity index (χ2n) is 7.02. The number of hydrogen-bond acceptors (Lipinski definition) is 4. The van der Waals surface area contributed by atoms with Gasteiger partial charge < -0.3 is 19.9 Å². The van der Waals surface area contributed by atoms with E-state index in [0.717, 1.165) is 13.1 Å². The Bertz CT molecular complexity index is 838. The number of nitrogens with one attached hydrogen (secondary N) is 1. The molecule has 1 heterocycles. The number of ether oxygens (including phenoxy) is 1. The fourth-order valence-electron chi connectivity index (χ4n) is 3.47. The molecule has 3 rings (SSSR count). The van der Waals surface area contributed by atoms with Gasteiger partial charge in [0.25, 0.3) is 0 Å². The smallest absolute Gasteiger partial charge is 0.340 e. The molecule has 148 valence electrons. The van der Waals surface area contributed by atoms with Gasteiger partial charge in [-0.05, 0) is 56.2 Å². The number of piperazine rings is 1. The molecule has 1 fully saturated rings. The standard InChI is InChI=1S/C22H27N3O3/c1-4-28-21(26)19-7-5-6-8-20(19)23-22(27)25-11-9-24(10-12-25)18-14-16(2)13-17(3)15-18/h5-8,13-15H,4,9-12H2,1-3H3,(H,23,27). The van der Waals surface area contributed by atoms with E-state index >= 15 is 0 Å². The average molecular weight is 381 g/mol. The molecule has 0 aromatic heterocycles.